The number of non-ortho nitro benzene ring substituents is 1. The number of hydrogen-bond acceptors (Lipinski definition) is 5. The van der Waals surface area contributed by atoms with Crippen molar-refractivity contribution in [2.24, 2.45) is 0 Å². The van der Waals surface area contributed by atoms with Crippen molar-refractivity contribution in [1.29, 1.82) is 0 Å². The Kier molecular flexibility index (Phi) is 4.09. The minimum Gasteiger partial charge on any atom is -0.453 e. The smallest absolute Gasteiger partial charge is 0.272 e. The highest BCUT2D eigenvalue weighted by Crippen LogP contribution is 2.28. The van der Waals surface area contributed by atoms with Gasteiger partial charge in [0.15, 0.2) is 11.6 Å². The first-order valence-corrected chi connectivity index (χ1v) is 5.91. The summed E-state index contributed by atoms with van der Waals surface area (Å²) < 4.78 is 19.0. The van der Waals surface area contributed by atoms with E-state index in [1.54, 1.807) is 12.3 Å². The van der Waals surface area contributed by atoms with Gasteiger partial charge in [-0.25, -0.2) is 4.39 Å². The highest BCUT2D eigenvalue weighted by molar-refractivity contribution is 5.47. The zero-order valence-corrected chi connectivity index (χ0v) is 10.7. The normalized spacial score (nSPS) is 10.1. The maximum absolute atomic E-state index is 13.7. The fourth-order valence-corrected chi connectivity index (χ4v) is 1.59. The van der Waals surface area contributed by atoms with Gasteiger partial charge in [-0.1, -0.05) is 0 Å². The van der Waals surface area contributed by atoms with Crippen molar-refractivity contribution in [3.63, 3.8) is 0 Å². The van der Waals surface area contributed by atoms with Gasteiger partial charge in [0.25, 0.3) is 5.69 Å². The van der Waals surface area contributed by atoms with Gasteiger partial charge in [-0.05, 0) is 13.0 Å². The summed E-state index contributed by atoms with van der Waals surface area (Å²) in [5, 5.41) is 13.6. The predicted octanol–water partition coefficient (Wildman–Crippen LogP) is 3.35. The number of nitro benzene ring substituents is 1. The average Bonchev–Trinajstić information content (AvgIpc) is 2.42. The molecule has 0 saturated heterocycles. The van der Waals surface area contributed by atoms with E-state index in [0.717, 1.165) is 18.3 Å². The molecule has 104 valence electrons. The molecule has 0 fully saturated rings. The molecule has 0 aliphatic carbocycles. The first kappa shape index (κ1) is 13.7. The minimum absolute atomic E-state index is 0.0916. The van der Waals surface area contributed by atoms with E-state index in [1.807, 2.05) is 6.92 Å². The van der Waals surface area contributed by atoms with Crippen molar-refractivity contribution in [2.75, 3.05) is 11.9 Å². The lowest BCUT2D eigenvalue weighted by atomic mass is 10.3. The molecule has 7 heteroatoms. The van der Waals surface area contributed by atoms with Crippen molar-refractivity contribution >= 4 is 11.4 Å². The first-order chi connectivity index (χ1) is 9.60. The molecule has 0 saturated carbocycles. The van der Waals surface area contributed by atoms with E-state index in [2.05, 4.69) is 10.3 Å². The topological polar surface area (TPSA) is 77.3 Å². The third kappa shape index (κ3) is 3.19. The molecule has 1 aromatic heterocycles. The maximum Gasteiger partial charge on any atom is 0.272 e. The summed E-state index contributed by atoms with van der Waals surface area (Å²) in [6.07, 6.45) is 3.05. The Morgan fingerprint density at radius 2 is 2.20 bits per heavy atom. The Morgan fingerprint density at radius 3 is 2.85 bits per heavy atom. The lowest BCUT2D eigenvalue weighted by molar-refractivity contribution is -0.385. The minimum atomic E-state index is -0.798. The molecular formula is C13H12FN3O3. The quantitative estimate of drug-likeness (QED) is 0.669. The number of nitrogens with zero attached hydrogens (tertiary/aromatic N) is 2. The van der Waals surface area contributed by atoms with E-state index in [-0.39, 0.29) is 11.4 Å². The van der Waals surface area contributed by atoms with E-state index >= 15 is 0 Å². The molecule has 20 heavy (non-hydrogen) atoms. The number of aromatic nitrogens is 1. The van der Waals surface area contributed by atoms with Gasteiger partial charge >= 0.3 is 0 Å². The second-order valence-electron chi connectivity index (χ2n) is 3.91. The molecule has 6 nitrogen and oxygen atoms in total. The summed E-state index contributed by atoms with van der Waals surface area (Å²) in [6, 6.07) is 4.88. The van der Waals surface area contributed by atoms with Gasteiger partial charge in [-0.3, -0.25) is 15.1 Å². The summed E-state index contributed by atoms with van der Waals surface area (Å²) in [5.74, 6) is -0.546. The Balaban J connectivity index is 2.21. The van der Waals surface area contributed by atoms with E-state index < -0.39 is 10.7 Å². The second-order valence-corrected chi connectivity index (χ2v) is 3.91. The highest BCUT2D eigenvalue weighted by Gasteiger charge is 2.12. The van der Waals surface area contributed by atoms with Crippen LogP contribution in [0.15, 0.2) is 36.7 Å². The number of anilines is 1. The van der Waals surface area contributed by atoms with Crippen molar-refractivity contribution in [2.45, 2.75) is 6.92 Å². The van der Waals surface area contributed by atoms with Gasteiger partial charge in [0.2, 0.25) is 0 Å². The average molecular weight is 277 g/mol. The SMILES string of the molecule is CCNc1cncc(Oc2ccc([N+](=O)[O-])cc2F)c1. The lowest BCUT2D eigenvalue weighted by Gasteiger charge is -2.08. The molecule has 0 aliphatic heterocycles. The van der Waals surface area contributed by atoms with E-state index in [4.69, 9.17) is 4.74 Å². The van der Waals surface area contributed by atoms with Gasteiger partial charge in [-0.2, -0.15) is 0 Å². The molecule has 1 aromatic carbocycles. The van der Waals surface area contributed by atoms with Gasteiger partial charge in [0.1, 0.15) is 5.75 Å². The summed E-state index contributed by atoms with van der Waals surface area (Å²) in [7, 11) is 0. The molecule has 1 heterocycles. The maximum atomic E-state index is 13.7. The van der Waals surface area contributed by atoms with Crippen LogP contribution < -0.4 is 10.1 Å². The third-order valence-electron chi connectivity index (χ3n) is 2.45. The molecule has 2 rings (SSSR count). The van der Waals surface area contributed by atoms with E-state index in [1.165, 1.54) is 18.3 Å². The molecule has 2 aromatic rings. The standard InChI is InChI=1S/C13H12FN3O3/c1-2-16-9-5-11(8-15-7-9)20-13-4-3-10(17(18)19)6-12(13)14/h3-8,16H,2H2,1H3. The number of rotatable bonds is 5. The van der Waals surface area contributed by atoms with Crippen molar-refractivity contribution in [3.05, 3.63) is 52.6 Å². The molecule has 0 aliphatic rings. The lowest BCUT2D eigenvalue weighted by Crippen LogP contribution is -1.98. The number of halogens is 1. The van der Waals surface area contributed by atoms with E-state index in [0.29, 0.717) is 5.75 Å². The second kappa shape index (κ2) is 5.96. The fourth-order valence-electron chi connectivity index (χ4n) is 1.59. The largest absolute Gasteiger partial charge is 0.453 e. The van der Waals surface area contributed by atoms with Crippen LogP contribution in [0.4, 0.5) is 15.8 Å². The summed E-state index contributed by atoms with van der Waals surface area (Å²) in [6.45, 7) is 2.65. The molecule has 0 amide bonds. The Labute approximate surface area is 114 Å². The van der Waals surface area contributed by atoms with Crippen LogP contribution in [0, 0.1) is 15.9 Å². The molecule has 0 bridgehead atoms. The number of hydrogen-bond donors (Lipinski definition) is 1. The molecule has 0 atom stereocenters. The van der Waals surface area contributed by atoms with Crippen LogP contribution in [0.1, 0.15) is 6.92 Å². The van der Waals surface area contributed by atoms with Crippen LogP contribution in [-0.4, -0.2) is 16.5 Å². The highest BCUT2D eigenvalue weighted by atomic mass is 19.1. The van der Waals surface area contributed by atoms with Gasteiger partial charge in [0.05, 0.1) is 29.1 Å². The number of ether oxygens (including phenoxy) is 1. The first-order valence-electron chi connectivity index (χ1n) is 5.91. The van der Waals surface area contributed by atoms with Crippen molar-refractivity contribution < 1.29 is 14.1 Å². The van der Waals surface area contributed by atoms with Crippen molar-refractivity contribution in [1.82, 2.24) is 4.98 Å². The van der Waals surface area contributed by atoms with Crippen LogP contribution in [0.3, 0.4) is 0 Å². The number of benzene rings is 1. The summed E-state index contributed by atoms with van der Waals surface area (Å²) >= 11 is 0. The van der Waals surface area contributed by atoms with Crippen molar-refractivity contribution in [3.8, 4) is 11.5 Å². The monoisotopic (exact) mass is 277 g/mol. The third-order valence-corrected chi connectivity index (χ3v) is 2.45. The Morgan fingerprint density at radius 1 is 1.40 bits per heavy atom. The molecular weight excluding hydrogens is 265 g/mol. The van der Waals surface area contributed by atoms with Crippen LogP contribution in [0.2, 0.25) is 0 Å². The van der Waals surface area contributed by atoms with Crippen LogP contribution in [0.25, 0.3) is 0 Å². The number of nitro groups is 1. The molecule has 0 unspecified atom stereocenters. The van der Waals surface area contributed by atoms with Crippen LogP contribution in [-0.2, 0) is 0 Å². The van der Waals surface area contributed by atoms with Gasteiger partial charge < -0.3 is 10.1 Å². The summed E-state index contributed by atoms with van der Waals surface area (Å²) in [5.41, 5.74) is 0.418. The molecule has 0 radical (unpaired) electrons. The number of pyridine rings is 1. The Bertz CT molecular complexity index is 634. The Hall–Kier alpha value is -2.70. The van der Waals surface area contributed by atoms with Gasteiger partial charge in [0, 0.05) is 18.7 Å². The fraction of sp³-hybridized carbons (Fsp3) is 0.154. The predicted molar refractivity (Wildman–Crippen MR) is 71.5 cm³/mol. The zero-order valence-electron chi connectivity index (χ0n) is 10.7. The van der Waals surface area contributed by atoms with Crippen LogP contribution >= 0.6 is 0 Å². The van der Waals surface area contributed by atoms with Crippen LogP contribution in [0.5, 0.6) is 11.5 Å². The molecule has 0 spiro atoms. The number of nitrogens with one attached hydrogen (secondary N) is 1. The zero-order chi connectivity index (χ0) is 14.5. The van der Waals surface area contributed by atoms with Gasteiger partial charge in [-0.15, -0.1) is 0 Å². The molecule has 1 N–H and O–H groups in total. The van der Waals surface area contributed by atoms with E-state index in [9.17, 15) is 14.5 Å². The summed E-state index contributed by atoms with van der Waals surface area (Å²) in [4.78, 5) is 13.8.